The van der Waals surface area contributed by atoms with Crippen LogP contribution in [0.15, 0.2) is 66.7 Å². The van der Waals surface area contributed by atoms with Gasteiger partial charge in [-0.3, -0.25) is 14.5 Å². The molecule has 0 aliphatic carbocycles. The van der Waals surface area contributed by atoms with Crippen molar-refractivity contribution in [1.29, 1.82) is 0 Å². The van der Waals surface area contributed by atoms with E-state index >= 15 is 0 Å². The van der Waals surface area contributed by atoms with Crippen molar-refractivity contribution >= 4 is 40.5 Å². The highest BCUT2D eigenvalue weighted by atomic mass is 35.5. The first kappa shape index (κ1) is 22.1. The Hall–Kier alpha value is -3.15. The number of hydrogen-bond donors (Lipinski definition) is 2. The molecule has 1 aliphatic heterocycles. The Morgan fingerprint density at radius 1 is 1.00 bits per heavy atom. The molecule has 0 radical (unpaired) electrons. The zero-order valence-corrected chi connectivity index (χ0v) is 18.8. The third kappa shape index (κ3) is 4.85. The van der Waals surface area contributed by atoms with Gasteiger partial charge in [-0.1, -0.05) is 54.9 Å². The topological polar surface area (TPSA) is 61.4 Å². The van der Waals surface area contributed by atoms with Gasteiger partial charge in [-0.15, -0.1) is 0 Å². The fourth-order valence-electron chi connectivity index (χ4n) is 3.92. The van der Waals surface area contributed by atoms with Crippen molar-refractivity contribution in [2.45, 2.75) is 26.2 Å². The van der Waals surface area contributed by atoms with Crippen LogP contribution in [0, 0.1) is 0 Å². The second kappa shape index (κ2) is 9.98. The lowest BCUT2D eigenvalue weighted by Gasteiger charge is -2.24. The van der Waals surface area contributed by atoms with Gasteiger partial charge < -0.3 is 10.6 Å². The summed E-state index contributed by atoms with van der Waals surface area (Å²) in [5.74, 6) is -0.399. The smallest absolute Gasteiger partial charge is 0.257 e. The lowest BCUT2D eigenvalue weighted by Crippen LogP contribution is -2.28. The maximum Gasteiger partial charge on any atom is 0.257 e. The van der Waals surface area contributed by atoms with Crippen molar-refractivity contribution in [3.63, 3.8) is 0 Å². The molecule has 5 nitrogen and oxygen atoms in total. The van der Waals surface area contributed by atoms with Gasteiger partial charge in [0.05, 0.1) is 29.0 Å². The predicted molar refractivity (Wildman–Crippen MR) is 130 cm³/mol. The third-order valence-electron chi connectivity index (χ3n) is 5.53. The number of carbonyl (C=O) groups excluding carboxylic acids is 2. The number of benzene rings is 3. The summed E-state index contributed by atoms with van der Waals surface area (Å²) >= 11 is 6.14. The van der Waals surface area contributed by atoms with Crippen LogP contribution in [0.2, 0.25) is 5.02 Å². The van der Waals surface area contributed by atoms with E-state index in [1.165, 1.54) is 5.56 Å². The summed E-state index contributed by atoms with van der Waals surface area (Å²) < 4.78 is 0. The van der Waals surface area contributed by atoms with Crippen molar-refractivity contribution in [2.24, 2.45) is 0 Å². The van der Waals surface area contributed by atoms with Crippen molar-refractivity contribution in [3.8, 4) is 0 Å². The number of amides is 2. The number of carbonyl (C=O) groups is 2. The number of nitrogens with zero attached hydrogens (tertiary/aromatic N) is 1. The molecule has 3 aromatic rings. The molecule has 0 unspecified atom stereocenters. The summed E-state index contributed by atoms with van der Waals surface area (Å²) in [6, 6.07) is 20.5. The van der Waals surface area contributed by atoms with Crippen LogP contribution in [-0.4, -0.2) is 24.9 Å². The Bertz CT molecular complexity index is 1130. The zero-order chi connectivity index (χ0) is 22.5. The van der Waals surface area contributed by atoms with Gasteiger partial charge in [0.2, 0.25) is 5.91 Å². The maximum absolute atomic E-state index is 13.5. The normalized spacial score (nSPS) is 12.6. The van der Waals surface area contributed by atoms with E-state index in [9.17, 15) is 9.59 Å². The van der Waals surface area contributed by atoms with Gasteiger partial charge in [-0.05, 0) is 67.4 Å². The Morgan fingerprint density at radius 3 is 2.53 bits per heavy atom. The highest BCUT2D eigenvalue weighted by Gasteiger charge is 2.29. The van der Waals surface area contributed by atoms with E-state index in [1.54, 1.807) is 29.2 Å². The molecular weight excluding hydrogens is 422 g/mol. The number of halogens is 1. The van der Waals surface area contributed by atoms with E-state index in [1.807, 2.05) is 30.3 Å². The first-order valence-corrected chi connectivity index (χ1v) is 11.3. The van der Waals surface area contributed by atoms with Gasteiger partial charge in [0.1, 0.15) is 0 Å². The van der Waals surface area contributed by atoms with Crippen molar-refractivity contribution in [2.75, 3.05) is 23.3 Å². The number of rotatable bonds is 7. The number of para-hydroxylation sites is 2. The average Bonchev–Trinajstić information content (AvgIpc) is 2.91. The maximum atomic E-state index is 13.5. The van der Waals surface area contributed by atoms with Crippen molar-refractivity contribution in [3.05, 3.63) is 88.4 Å². The fraction of sp³-hybridized carbons (Fsp3) is 0.231. The van der Waals surface area contributed by atoms with Crippen molar-refractivity contribution < 1.29 is 9.59 Å². The van der Waals surface area contributed by atoms with E-state index in [2.05, 4.69) is 29.7 Å². The van der Waals surface area contributed by atoms with E-state index in [0.717, 1.165) is 31.5 Å². The molecule has 0 saturated heterocycles. The number of hydrogen-bond acceptors (Lipinski definition) is 3. The number of anilines is 3. The van der Waals surface area contributed by atoms with E-state index < -0.39 is 0 Å². The minimum absolute atomic E-state index is 0.114. The molecule has 0 atom stereocenters. The molecule has 2 amide bonds. The molecule has 164 valence electrons. The quantitative estimate of drug-likeness (QED) is 0.479. The van der Waals surface area contributed by atoms with Crippen LogP contribution in [0.3, 0.4) is 0 Å². The summed E-state index contributed by atoms with van der Waals surface area (Å²) in [5.41, 5.74) is 4.33. The second-order valence-corrected chi connectivity index (χ2v) is 8.25. The summed E-state index contributed by atoms with van der Waals surface area (Å²) in [7, 11) is 0. The van der Waals surface area contributed by atoms with Gasteiger partial charge in [-0.25, -0.2) is 0 Å². The largest absolute Gasteiger partial charge is 0.320 e. The van der Waals surface area contributed by atoms with Crippen LogP contribution in [0.25, 0.3) is 0 Å². The Balaban J connectivity index is 1.59. The summed E-state index contributed by atoms with van der Waals surface area (Å²) in [5, 5.41) is 6.67. The fourth-order valence-corrected chi connectivity index (χ4v) is 4.09. The minimum Gasteiger partial charge on any atom is -0.320 e. The molecule has 0 saturated carbocycles. The number of fused-ring (bicyclic) bond motifs is 2. The molecular formula is C26H26ClN3O2. The summed E-state index contributed by atoms with van der Waals surface area (Å²) in [4.78, 5) is 27.9. The standard InChI is InChI=1S/C26H26ClN3O2/c1-2-28-15-5-6-18-9-11-19(12-10-18)16-25(31)30-23-14-13-20(27)17-21(23)26(32)29-22-7-3-4-8-24(22)30/h3-4,7-14,17,28H,2,5-6,15-16H2,1H3,(H,29,32). The molecule has 0 spiro atoms. The second-order valence-electron chi connectivity index (χ2n) is 7.81. The van der Waals surface area contributed by atoms with Crippen LogP contribution in [0.5, 0.6) is 0 Å². The zero-order valence-electron chi connectivity index (χ0n) is 18.0. The molecule has 0 bridgehead atoms. The van der Waals surface area contributed by atoms with Crippen LogP contribution in [-0.2, 0) is 17.6 Å². The molecule has 4 rings (SSSR count). The lowest BCUT2D eigenvalue weighted by molar-refractivity contribution is -0.117. The van der Waals surface area contributed by atoms with Gasteiger partial charge in [0, 0.05) is 5.02 Å². The molecule has 3 aromatic carbocycles. The van der Waals surface area contributed by atoms with E-state index in [4.69, 9.17) is 11.6 Å². The number of nitrogens with one attached hydrogen (secondary N) is 2. The van der Waals surface area contributed by atoms with Gasteiger partial charge in [-0.2, -0.15) is 0 Å². The van der Waals surface area contributed by atoms with Crippen LogP contribution >= 0.6 is 11.6 Å². The van der Waals surface area contributed by atoms with Gasteiger partial charge in [0.15, 0.2) is 0 Å². The molecule has 32 heavy (non-hydrogen) atoms. The van der Waals surface area contributed by atoms with Gasteiger partial charge in [0.25, 0.3) is 5.91 Å². The molecule has 0 fully saturated rings. The van der Waals surface area contributed by atoms with Crippen LogP contribution in [0.1, 0.15) is 34.8 Å². The summed E-state index contributed by atoms with van der Waals surface area (Å²) in [6.07, 6.45) is 2.31. The first-order chi connectivity index (χ1) is 15.6. The SMILES string of the molecule is CCNCCCc1ccc(CC(=O)N2c3ccccc3NC(=O)c3cc(Cl)ccc32)cc1. The Kier molecular flexibility index (Phi) is 6.88. The van der Waals surface area contributed by atoms with E-state index in [0.29, 0.717) is 27.6 Å². The molecule has 6 heteroatoms. The predicted octanol–water partition coefficient (Wildman–Crippen LogP) is 5.36. The van der Waals surface area contributed by atoms with Crippen molar-refractivity contribution in [1.82, 2.24) is 5.32 Å². The first-order valence-electron chi connectivity index (χ1n) is 10.9. The molecule has 0 aromatic heterocycles. The van der Waals surface area contributed by atoms with Gasteiger partial charge >= 0.3 is 0 Å². The monoisotopic (exact) mass is 447 g/mol. The van der Waals surface area contributed by atoms with Crippen LogP contribution < -0.4 is 15.5 Å². The summed E-state index contributed by atoms with van der Waals surface area (Å²) in [6.45, 7) is 4.09. The molecule has 1 aliphatic rings. The number of aryl methyl sites for hydroxylation is 1. The Labute approximate surface area is 193 Å². The highest BCUT2D eigenvalue weighted by molar-refractivity contribution is 6.31. The molecule has 2 N–H and O–H groups in total. The highest BCUT2D eigenvalue weighted by Crippen LogP contribution is 2.39. The van der Waals surface area contributed by atoms with Crippen LogP contribution in [0.4, 0.5) is 17.1 Å². The molecule has 1 heterocycles. The third-order valence-corrected chi connectivity index (χ3v) is 5.77. The minimum atomic E-state index is -0.285. The lowest BCUT2D eigenvalue weighted by atomic mass is 10.0. The van der Waals surface area contributed by atoms with E-state index in [-0.39, 0.29) is 18.2 Å². The Morgan fingerprint density at radius 2 is 1.75 bits per heavy atom. The average molecular weight is 448 g/mol.